The molecule has 1 fully saturated rings. The topological polar surface area (TPSA) is 24.9 Å². The molecule has 0 aliphatic heterocycles. The Morgan fingerprint density at radius 1 is 1.38 bits per heavy atom. The predicted octanol–water partition coefficient (Wildman–Crippen LogP) is 3.25. The number of nitrogens with one attached hydrogen (secondary N) is 1. The molecule has 90 valence electrons. The number of hydrogen-bond donors (Lipinski definition) is 1. The average molecular weight is 238 g/mol. The van der Waals surface area contributed by atoms with E-state index in [0.29, 0.717) is 5.41 Å². The molecule has 0 saturated heterocycles. The highest BCUT2D eigenvalue weighted by Gasteiger charge is 2.32. The van der Waals surface area contributed by atoms with Crippen molar-refractivity contribution < 1.29 is 0 Å². The van der Waals surface area contributed by atoms with Crippen LogP contribution in [0.15, 0.2) is 11.6 Å². The van der Waals surface area contributed by atoms with Crippen molar-refractivity contribution in [3.8, 4) is 0 Å². The third kappa shape index (κ3) is 3.05. The summed E-state index contributed by atoms with van der Waals surface area (Å²) in [7, 11) is 0. The summed E-state index contributed by atoms with van der Waals surface area (Å²) in [5.41, 5.74) is 0.492. The average Bonchev–Trinajstić information content (AvgIpc) is 2.80. The molecule has 0 aromatic carbocycles. The quantitative estimate of drug-likeness (QED) is 0.852. The van der Waals surface area contributed by atoms with Gasteiger partial charge in [0.1, 0.15) is 0 Å². The van der Waals surface area contributed by atoms with E-state index in [1.165, 1.54) is 50.1 Å². The Morgan fingerprint density at radius 3 is 2.81 bits per heavy atom. The minimum Gasteiger partial charge on any atom is -0.316 e. The summed E-state index contributed by atoms with van der Waals surface area (Å²) in [4.78, 5) is 4.45. The van der Waals surface area contributed by atoms with Gasteiger partial charge in [0, 0.05) is 24.5 Å². The third-order valence-corrected chi connectivity index (χ3v) is 4.45. The Hall–Kier alpha value is -0.410. The number of nitrogens with zero attached hydrogens (tertiary/aromatic N) is 1. The minimum atomic E-state index is 0.492. The summed E-state index contributed by atoms with van der Waals surface area (Å²) in [6, 6.07) is 0. The van der Waals surface area contributed by atoms with Gasteiger partial charge in [-0.1, -0.05) is 26.2 Å². The fourth-order valence-corrected chi connectivity index (χ4v) is 3.56. The molecule has 0 atom stereocenters. The molecule has 1 heterocycles. The van der Waals surface area contributed by atoms with Crippen LogP contribution >= 0.6 is 11.3 Å². The monoisotopic (exact) mass is 238 g/mol. The van der Waals surface area contributed by atoms with Crippen molar-refractivity contribution in [3.63, 3.8) is 0 Å². The van der Waals surface area contributed by atoms with Gasteiger partial charge >= 0.3 is 0 Å². The zero-order valence-corrected chi connectivity index (χ0v) is 11.0. The number of hydrogen-bond acceptors (Lipinski definition) is 3. The first-order valence-electron chi connectivity index (χ1n) is 6.44. The summed E-state index contributed by atoms with van der Waals surface area (Å²) < 4.78 is 0. The summed E-state index contributed by atoms with van der Waals surface area (Å²) in [5.74, 6) is 0. The fourth-order valence-electron chi connectivity index (χ4n) is 2.77. The van der Waals surface area contributed by atoms with Crippen molar-refractivity contribution in [2.75, 3.05) is 13.1 Å². The van der Waals surface area contributed by atoms with E-state index in [2.05, 4.69) is 22.6 Å². The van der Waals surface area contributed by atoms with Crippen LogP contribution in [0.5, 0.6) is 0 Å². The highest BCUT2D eigenvalue weighted by Crippen LogP contribution is 2.39. The van der Waals surface area contributed by atoms with Gasteiger partial charge in [-0.25, -0.2) is 4.98 Å². The summed E-state index contributed by atoms with van der Waals surface area (Å²) in [6.07, 6.45) is 10.1. The van der Waals surface area contributed by atoms with E-state index in [1.54, 1.807) is 0 Å². The molecule has 2 rings (SSSR count). The lowest BCUT2D eigenvalue weighted by Crippen LogP contribution is -2.37. The second kappa shape index (κ2) is 5.78. The molecule has 1 N–H and O–H groups in total. The molecule has 1 aromatic rings. The van der Waals surface area contributed by atoms with Gasteiger partial charge < -0.3 is 5.32 Å². The molecule has 0 unspecified atom stereocenters. The lowest BCUT2D eigenvalue weighted by molar-refractivity contribution is 0.182. The van der Waals surface area contributed by atoms with Crippen LogP contribution < -0.4 is 5.32 Å². The summed E-state index contributed by atoms with van der Waals surface area (Å²) in [6.45, 7) is 4.45. The van der Waals surface area contributed by atoms with Crippen molar-refractivity contribution in [2.24, 2.45) is 5.41 Å². The van der Waals surface area contributed by atoms with Crippen molar-refractivity contribution in [1.82, 2.24) is 10.3 Å². The predicted molar refractivity (Wildman–Crippen MR) is 69.9 cm³/mol. The molecular weight excluding hydrogens is 216 g/mol. The fraction of sp³-hybridized carbons (Fsp3) is 0.769. The van der Waals surface area contributed by atoms with Gasteiger partial charge in [-0.05, 0) is 24.8 Å². The normalized spacial score (nSPS) is 19.8. The third-order valence-electron chi connectivity index (χ3n) is 3.67. The van der Waals surface area contributed by atoms with Crippen LogP contribution in [-0.4, -0.2) is 18.1 Å². The Bertz CT molecular complexity index is 289. The molecule has 0 bridgehead atoms. The number of aromatic nitrogens is 1. The van der Waals surface area contributed by atoms with Crippen LogP contribution in [0.2, 0.25) is 0 Å². The number of thiazole rings is 1. The Kier molecular flexibility index (Phi) is 4.36. The zero-order valence-electron chi connectivity index (χ0n) is 10.2. The zero-order chi connectivity index (χ0) is 11.3. The van der Waals surface area contributed by atoms with Crippen LogP contribution in [0.3, 0.4) is 0 Å². The Balaban J connectivity index is 2.01. The summed E-state index contributed by atoms with van der Waals surface area (Å²) in [5, 5.41) is 6.96. The van der Waals surface area contributed by atoms with Gasteiger partial charge in [-0.15, -0.1) is 11.3 Å². The molecule has 0 amide bonds. The van der Waals surface area contributed by atoms with Crippen molar-refractivity contribution in [2.45, 2.75) is 45.4 Å². The molecule has 3 heteroatoms. The highest BCUT2D eigenvalue weighted by molar-refractivity contribution is 7.09. The van der Waals surface area contributed by atoms with Crippen molar-refractivity contribution >= 4 is 11.3 Å². The van der Waals surface area contributed by atoms with Gasteiger partial charge in [0.05, 0.1) is 5.01 Å². The van der Waals surface area contributed by atoms with Gasteiger partial charge in [0.25, 0.3) is 0 Å². The van der Waals surface area contributed by atoms with E-state index in [0.717, 1.165) is 6.54 Å². The largest absolute Gasteiger partial charge is 0.316 e. The first-order valence-corrected chi connectivity index (χ1v) is 7.32. The standard InChI is InChI=1S/C13H22N2S/c1-2-14-11-13(6-4-3-5-7-13)10-12-15-8-9-16-12/h8-9,14H,2-7,10-11H2,1H3. The molecule has 0 radical (unpaired) electrons. The maximum atomic E-state index is 4.45. The van der Waals surface area contributed by atoms with Crippen molar-refractivity contribution in [1.29, 1.82) is 0 Å². The van der Waals surface area contributed by atoms with E-state index in [-0.39, 0.29) is 0 Å². The molecule has 16 heavy (non-hydrogen) atoms. The van der Waals surface area contributed by atoms with E-state index < -0.39 is 0 Å². The lowest BCUT2D eigenvalue weighted by atomic mass is 9.72. The van der Waals surface area contributed by atoms with Crippen LogP contribution in [0, 0.1) is 5.41 Å². The highest BCUT2D eigenvalue weighted by atomic mass is 32.1. The van der Waals surface area contributed by atoms with Crippen molar-refractivity contribution in [3.05, 3.63) is 16.6 Å². The first kappa shape index (κ1) is 12.1. The molecule has 1 aliphatic rings. The Morgan fingerprint density at radius 2 is 2.19 bits per heavy atom. The van der Waals surface area contributed by atoms with E-state index in [1.807, 2.05) is 17.5 Å². The molecular formula is C13H22N2S. The SMILES string of the molecule is CCNCC1(Cc2nccs2)CCCCC1. The second-order valence-corrected chi connectivity index (χ2v) is 5.92. The molecule has 2 nitrogen and oxygen atoms in total. The lowest BCUT2D eigenvalue weighted by Gasteiger charge is -2.37. The van der Waals surface area contributed by atoms with E-state index in [4.69, 9.17) is 0 Å². The van der Waals surface area contributed by atoms with Crippen LogP contribution in [-0.2, 0) is 6.42 Å². The second-order valence-electron chi connectivity index (χ2n) is 4.94. The Labute approximate surface area is 102 Å². The van der Waals surface area contributed by atoms with Gasteiger partial charge in [0.2, 0.25) is 0 Å². The van der Waals surface area contributed by atoms with Crippen LogP contribution in [0.25, 0.3) is 0 Å². The molecule has 1 saturated carbocycles. The maximum absolute atomic E-state index is 4.45. The van der Waals surface area contributed by atoms with Gasteiger partial charge in [-0.2, -0.15) is 0 Å². The smallest absolute Gasteiger partial charge is 0.0930 e. The maximum Gasteiger partial charge on any atom is 0.0930 e. The van der Waals surface area contributed by atoms with Crippen LogP contribution in [0.1, 0.15) is 44.0 Å². The molecule has 1 aromatic heterocycles. The van der Waals surface area contributed by atoms with E-state index in [9.17, 15) is 0 Å². The first-order chi connectivity index (χ1) is 7.85. The van der Waals surface area contributed by atoms with E-state index >= 15 is 0 Å². The molecule has 1 aliphatic carbocycles. The van der Waals surface area contributed by atoms with Gasteiger partial charge in [0.15, 0.2) is 0 Å². The number of rotatable bonds is 5. The summed E-state index contributed by atoms with van der Waals surface area (Å²) >= 11 is 1.81. The minimum absolute atomic E-state index is 0.492. The van der Waals surface area contributed by atoms with Gasteiger partial charge in [-0.3, -0.25) is 0 Å². The molecule has 0 spiro atoms. The van der Waals surface area contributed by atoms with Crippen LogP contribution in [0.4, 0.5) is 0 Å².